The number of aliphatic hydroxyl groups is 1. The molecule has 0 saturated carbocycles. The van der Waals surface area contributed by atoms with Gasteiger partial charge in [0.15, 0.2) is 0 Å². The van der Waals surface area contributed by atoms with Gasteiger partial charge in [0.2, 0.25) is 0 Å². The molecule has 15 heavy (non-hydrogen) atoms. The molecule has 78 valence electrons. The van der Waals surface area contributed by atoms with Gasteiger partial charge in [0.1, 0.15) is 5.75 Å². The van der Waals surface area contributed by atoms with E-state index in [1.165, 1.54) is 0 Å². The fourth-order valence-corrected chi connectivity index (χ4v) is 1.49. The lowest BCUT2D eigenvalue weighted by atomic mass is 10.1. The zero-order chi connectivity index (χ0) is 10.8. The van der Waals surface area contributed by atoms with Crippen LogP contribution < -0.4 is 10.5 Å². The number of rotatable bonds is 2. The number of nitrogens with zero attached hydrogens (tertiary/aromatic N) is 1. The minimum atomic E-state index is -0.105. The molecule has 0 amide bonds. The Bertz CT molecular complexity index is 492. The van der Waals surface area contributed by atoms with Gasteiger partial charge < -0.3 is 15.6 Å². The minimum absolute atomic E-state index is 0.105. The number of fused-ring (bicyclic) bond motifs is 1. The number of aromatic nitrogens is 1. The van der Waals surface area contributed by atoms with Crippen molar-refractivity contribution in [3.05, 3.63) is 30.0 Å². The molecular formula is C11H12N2O2. The summed E-state index contributed by atoms with van der Waals surface area (Å²) in [6.45, 7) is -0.105. The molecule has 0 atom stereocenters. The van der Waals surface area contributed by atoms with Gasteiger partial charge >= 0.3 is 0 Å². The van der Waals surface area contributed by atoms with Gasteiger partial charge in [-0.05, 0) is 18.2 Å². The van der Waals surface area contributed by atoms with E-state index in [4.69, 9.17) is 15.6 Å². The van der Waals surface area contributed by atoms with Crippen molar-refractivity contribution in [2.45, 2.75) is 6.61 Å². The van der Waals surface area contributed by atoms with Crippen molar-refractivity contribution in [3.8, 4) is 5.75 Å². The smallest absolute Gasteiger partial charge is 0.119 e. The molecule has 0 aliphatic carbocycles. The zero-order valence-corrected chi connectivity index (χ0v) is 8.40. The van der Waals surface area contributed by atoms with Crippen LogP contribution in [0.25, 0.3) is 10.9 Å². The van der Waals surface area contributed by atoms with Crippen LogP contribution in [0.15, 0.2) is 24.4 Å². The van der Waals surface area contributed by atoms with Gasteiger partial charge in [-0.3, -0.25) is 4.98 Å². The Morgan fingerprint density at radius 2 is 2.27 bits per heavy atom. The average Bonchev–Trinajstić information content (AvgIpc) is 2.29. The Morgan fingerprint density at radius 3 is 2.93 bits per heavy atom. The summed E-state index contributed by atoms with van der Waals surface area (Å²) in [5.74, 6) is 0.728. The first-order chi connectivity index (χ1) is 7.26. The highest BCUT2D eigenvalue weighted by Crippen LogP contribution is 2.26. The van der Waals surface area contributed by atoms with Gasteiger partial charge in [-0.25, -0.2) is 0 Å². The summed E-state index contributed by atoms with van der Waals surface area (Å²) in [5.41, 5.74) is 7.89. The number of hydrogen-bond donors (Lipinski definition) is 2. The molecule has 3 N–H and O–H groups in total. The molecule has 0 spiro atoms. The van der Waals surface area contributed by atoms with Crippen molar-refractivity contribution in [1.29, 1.82) is 0 Å². The quantitative estimate of drug-likeness (QED) is 0.774. The van der Waals surface area contributed by atoms with Crippen molar-refractivity contribution in [3.63, 3.8) is 0 Å². The summed E-state index contributed by atoms with van der Waals surface area (Å²) in [6, 6.07) is 5.48. The van der Waals surface area contributed by atoms with Crippen molar-refractivity contribution in [1.82, 2.24) is 4.98 Å². The van der Waals surface area contributed by atoms with E-state index in [1.54, 1.807) is 13.3 Å². The van der Waals surface area contributed by atoms with Crippen molar-refractivity contribution in [2.24, 2.45) is 0 Å². The van der Waals surface area contributed by atoms with Crippen LogP contribution in [0.3, 0.4) is 0 Å². The van der Waals surface area contributed by atoms with E-state index in [-0.39, 0.29) is 6.61 Å². The molecule has 1 aromatic heterocycles. The summed E-state index contributed by atoms with van der Waals surface area (Å²) < 4.78 is 5.10. The van der Waals surface area contributed by atoms with Crippen LogP contribution in [0.4, 0.5) is 5.69 Å². The molecule has 0 fully saturated rings. The van der Waals surface area contributed by atoms with E-state index in [0.29, 0.717) is 11.3 Å². The Labute approximate surface area is 87.3 Å². The first-order valence-corrected chi connectivity index (χ1v) is 4.58. The molecule has 0 saturated heterocycles. The van der Waals surface area contributed by atoms with Crippen molar-refractivity contribution in [2.75, 3.05) is 12.8 Å². The molecule has 0 radical (unpaired) electrons. The third-order valence-corrected chi connectivity index (χ3v) is 2.37. The van der Waals surface area contributed by atoms with Gasteiger partial charge in [-0.15, -0.1) is 0 Å². The predicted molar refractivity (Wildman–Crippen MR) is 58.6 cm³/mol. The molecule has 0 aliphatic heterocycles. The molecule has 2 aromatic rings. The highest BCUT2D eigenvalue weighted by molar-refractivity contribution is 5.92. The third-order valence-electron chi connectivity index (χ3n) is 2.37. The molecule has 0 bridgehead atoms. The van der Waals surface area contributed by atoms with E-state index >= 15 is 0 Å². The van der Waals surface area contributed by atoms with E-state index < -0.39 is 0 Å². The van der Waals surface area contributed by atoms with E-state index in [1.807, 2.05) is 18.2 Å². The van der Waals surface area contributed by atoms with Crippen LogP contribution in [0.2, 0.25) is 0 Å². The Kier molecular flexibility index (Phi) is 2.43. The Balaban J connectivity index is 2.72. The summed E-state index contributed by atoms with van der Waals surface area (Å²) in [6.07, 6.45) is 1.59. The maximum absolute atomic E-state index is 9.05. The molecule has 4 nitrogen and oxygen atoms in total. The second-order valence-electron chi connectivity index (χ2n) is 3.24. The van der Waals surface area contributed by atoms with Gasteiger partial charge in [0.25, 0.3) is 0 Å². The molecule has 1 heterocycles. The van der Waals surface area contributed by atoms with Gasteiger partial charge in [-0.1, -0.05) is 0 Å². The first-order valence-electron chi connectivity index (χ1n) is 4.58. The standard InChI is InChI=1S/C11H12N2O2/c1-15-8-2-3-10-9(4-8)11(12)7(6-14)5-13-10/h2-5,14H,6H2,1H3,(H2,12,13). The lowest BCUT2D eigenvalue weighted by Gasteiger charge is -2.07. The molecular weight excluding hydrogens is 192 g/mol. The van der Waals surface area contributed by atoms with Crippen LogP contribution in [-0.2, 0) is 6.61 Å². The molecule has 0 aliphatic rings. The molecule has 2 rings (SSSR count). The molecule has 4 heteroatoms. The highest BCUT2D eigenvalue weighted by Gasteiger charge is 2.05. The Morgan fingerprint density at radius 1 is 1.47 bits per heavy atom. The topological polar surface area (TPSA) is 68.4 Å². The van der Waals surface area contributed by atoms with Gasteiger partial charge in [0.05, 0.1) is 19.2 Å². The fourth-order valence-electron chi connectivity index (χ4n) is 1.49. The predicted octanol–water partition coefficient (Wildman–Crippen LogP) is 1.32. The van der Waals surface area contributed by atoms with E-state index in [9.17, 15) is 0 Å². The lowest BCUT2D eigenvalue weighted by molar-refractivity contribution is 0.282. The first kappa shape index (κ1) is 9.73. The van der Waals surface area contributed by atoms with Gasteiger partial charge in [0, 0.05) is 22.8 Å². The van der Waals surface area contributed by atoms with Crippen molar-refractivity contribution >= 4 is 16.6 Å². The van der Waals surface area contributed by atoms with Crippen LogP contribution in [0.1, 0.15) is 5.56 Å². The summed E-state index contributed by atoms with van der Waals surface area (Å²) in [4.78, 5) is 4.19. The van der Waals surface area contributed by atoms with Crippen molar-refractivity contribution < 1.29 is 9.84 Å². The number of anilines is 1. The number of aliphatic hydroxyl groups excluding tert-OH is 1. The van der Waals surface area contributed by atoms with Crippen LogP contribution in [0, 0.1) is 0 Å². The number of methoxy groups -OCH3 is 1. The van der Waals surface area contributed by atoms with Crippen LogP contribution in [-0.4, -0.2) is 17.2 Å². The summed E-state index contributed by atoms with van der Waals surface area (Å²) in [7, 11) is 1.60. The van der Waals surface area contributed by atoms with Crippen LogP contribution in [0.5, 0.6) is 5.75 Å². The third kappa shape index (κ3) is 1.59. The van der Waals surface area contributed by atoms with E-state index in [0.717, 1.165) is 16.7 Å². The molecule has 0 unspecified atom stereocenters. The second kappa shape index (κ2) is 3.74. The van der Waals surface area contributed by atoms with E-state index in [2.05, 4.69) is 4.98 Å². The average molecular weight is 204 g/mol. The fraction of sp³-hybridized carbons (Fsp3) is 0.182. The maximum atomic E-state index is 9.05. The zero-order valence-electron chi connectivity index (χ0n) is 8.40. The second-order valence-corrected chi connectivity index (χ2v) is 3.24. The SMILES string of the molecule is COc1ccc2ncc(CO)c(N)c2c1. The van der Waals surface area contributed by atoms with Crippen LogP contribution >= 0.6 is 0 Å². The largest absolute Gasteiger partial charge is 0.497 e. The number of benzene rings is 1. The lowest BCUT2D eigenvalue weighted by Crippen LogP contribution is -1.97. The number of nitrogen functional groups attached to an aromatic ring is 1. The minimum Gasteiger partial charge on any atom is -0.497 e. The monoisotopic (exact) mass is 204 g/mol. The van der Waals surface area contributed by atoms with Gasteiger partial charge in [-0.2, -0.15) is 0 Å². The summed E-state index contributed by atoms with van der Waals surface area (Å²) >= 11 is 0. The number of pyridine rings is 1. The number of nitrogens with two attached hydrogens (primary N) is 1. The number of ether oxygens (including phenoxy) is 1. The maximum Gasteiger partial charge on any atom is 0.119 e. The number of hydrogen-bond acceptors (Lipinski definition) is 4. The highest BCUT2D eigenvalue weighted by atomic mass is 16.5. The normalized spacial score (nSPS) is 10.5. The Hall–Kier alpha value is -1.81. The summed E-state index contributed by atoms with van der Waals surface area (Å²) in [5, 5.41) is 9.86. The molecule has 1 aromatic carbocycles.